The molecule has 7 atom stereocenters. The van der Waals surface area contributed by atoms with Gasteiger partial charge in [0, 0.05) is 38.4 Å². The first-order chi connectivity index (χ1) is 36.2. The standard InChI is InChI=1S/C52H79N15O9/c1-31(2)27-38(65-48(74)39(28-32-15-6-3-7-16-32)64-44(70)34-19-10-5-11-20-34)46(72)66-40(29-33-17-8-4-9-18-33)47(73)62-36(22-13-25-60-52(57)58)50(76)67-26-14-23-41(67)49(75)61-35(21-12-24-59-51(55)56)45(71)63-37(43(54)69)30-42(53)68/h3-4,6-9,15-18,31,34-41H,5,10-14,19-30H2,1-2H3,(H2,53,68)(H2,54,69)(H,61,75)(H,62,73)(H,63,71)(H,64,70)(H,65,74)(H,66,72)(H4,55,56,59)(H4,57,58,60)/t35-,36-,37-,38-,39-,40-,41-/m0/s1. The molecule has 0 bridgehead atoms. The monoisotopic (exact) mass is 1060 g/mol. The van der Waals surface area contributed by atoms with Gasteiger partial charge in [-0.05, 0) is 74.8 Å². The molecule has 9 amide bonds. The molecule has 1 saturated carbocycles. The van der Waals surface area contributed by atoms with E-state index in [-0.39, 0.29) is 101 Å². The topological polar surface area (TPSA) is 410 Å². The summed E-state index contributed by atoms with van der Waals surface area (Å²) < 4.78 is 0. The molecule has 2 aromatic rings. The predicted molar refractivity (Wildman–Crippen MR) is 285 cm³/mol. The van der Waals surface area contributed by atoms with Crippen molar-refractivity contribution in [2.24, 2.45) is 56.2 Å². The lowest BCUT2D eigenvalue weighted by Crippen LogP contribution is -2.60. The fraction of sp³-hybridized carbons (Fsp3) is 0.558. The number of hydrogen-bond acceptors (Lipinski definition) is 11. The van der Waals surface area contributed by atoms with Gasteiger partial charge in [0.05, 0.1) is 6.42 Å². The number of aliphatic imine (C=N–C) groups is 2. The van der Waals surface area contributed by atoms with E-state index < -0.39 is 96.0 Å². The van der Waals surface area contributed by atoms with Gasteiger partial charge in [-0.1, -0.05) is 93.8 Å². The number of nitrogens with two attached hydrogens (primary N) is 6. The number of likely N-dealkylation sites (tertiary alicyclic amines) is 1. The lowest BCUT2D eigenvalue weighted by atomic mass is 9.88. The number of carbonyl (C=O) groups excluding carboxylic acids is 9. The Balaban J connectivity index is 1.61. The first kappa shape index (κ1) is 60.8. The zero-order chi connectivity index (χ0) is 55.7. The molecule has 4 rings (SSSR count). The molecule has 2 aromatic carbocycles. The van der Waals surface area contributed by atoms with E-state index in [1.807, 2.05) is 44.2 Å². The summed E-state index contributed by atoms with van der Waals surface area (Å²) >= 11 is 0. The predicted octanol–water partition coefficient (Wildman–Crippen LogP) is -1.53. The minimum Gasteiger partial charge on any atom is -0.370 e. The molecule has 18 N–H and O–H groups in total. The highest BCUT2D eigenvalue weighted by atomic mass is 16.2. The average Bonchev–Trinajstić information content (AvgIpc) is 3.88. The van der Waals surface area contributed by atoms with Crippen molar-refractivity contribution in [2.75, 3.05) is 19.6 Å². The van der Waals surface area contributed by atoms with Crippen LogP contribution in [0, 0.1) is 11.8 Å². The number of hydrogen-bond donors (Lipinski definition) is 12. The molecule has 76 heavy (non-hydrogen) atoms. The van der Waals surface area contributed by atoms with Crippen molar-refractivity contribution in [2.45, 2.75) is 152 Å². The maximum atomic E-state index is 14.7. The van der Waals surface area contributed by atoms with Crippen molar-refractivity contribution in [1.82, 2.24) is 36.8 Å². The number of rotatable bonds is 30. The van der Waals surface area contributed by atoms with Gasteiger partial charge in [-0.15, -0.1) is 0 Å². The molecule has 1 aliphatic heterocycles. The second kappa shape index (κ2) is 31.2. The number of guanidine groups is 2. The Kier molecular flexibility index (Phi) is 24.9. The fourth-order valence-electron chi connectivity index (χ4n) is 9.29. The van der Waals surface area contributed by atoms with Gasteiger partial charge in [-0.3, -0.25) is 53.1 Å². The van der Waals surface area contributed by atoms with Crippen LogP contribution in [0.3, 0.4) is 0 Å². The van der Waals surface area contributed by atoms with E-state index >= 15 is 0 Å². The number of carbonyl (C=O) groups is 9. The van der Waals surface area contributed by atoms with Crippen LogP contribution >= 0.6 is 0 Å². The van der Waals surface area contributed by atoms with Crippen molar-refractivity contribution >= 4 is 65.1 Å². The Morgan fingerprint density at radius 2 is 1.00 bits per heavy atom. The van der Waals surface area contributed by atoms with E-state index in [2.05, 4.69) is 41.9 Å². The lowest BCUT2D eigenvalue weighted by Gasteiger charge is -2.31. The van der Waals surface area contributed by atoms with Gasteiger partial charge >= 0.3 is 0 Å². The Bertz CT molecular complexity index is 2340. The largest absolute Gasteiger partial charge is 0.370 e. The van der Waals surface area contributed by atoms with E-state index in [0.29, 0.717) is 12.0 Å². The molecular formula is C52H79N15O9. The number of nitrogens with one attached hydrogen (secondary N) is 6. The van der Waals surface area contributed by atoms with Crippen LogP contribution in [0.5, 0.6) is 0 Å². The molecule has 2 aliphatic rings. The summed E-state index contributed by atoms with van der Waals surface area (Å²) in [5.74, 6) is -7.11. The third-order valence-corrected chi connectivity index (χ3v) is 13.2. The third-order valence-electron chi connectivity index (χ3n) is 13.2. The SMILES string of the molecule is CC(C)C[C@H](NC(=O)[C@H](Cc1ccccc1)NC(=O)C1CCCCC1)C(=O)N[C@@H](Cc1ccccc1)C(=O)N[C@@H](CCCN=C(N)N)C(=O)N1CCC[C@H]1C(=O)N[C@@H](CCCN=C(N)N)C(=O)N[C@@H](CC(N)=O)C(N)=O. The number of benzene rings is 2. The van der Waals surface area contributed by atoms with E-state index in [1.165, 1.54) is 4.90 Å². The molecule has 24 nitrogen and oxygen atoms in total. The molecule has 24 heteroatoms. The zero-order valence-corrected chi connectivity index (χ0v) is 43.7. The minimum absolute atomic E-state index is 0.0101. The highest BCUT2D eigenvalue weighted by molar-refractivity contribution is 5.98. The maximum Gasteiger partial charge on any atom is 0.245 e. The van der Waals surface area contributed by atoms with Crippen LogP contribution in [-0.4, -0.2) is 132 Å². The third kappa shape index (κ3) is 20.8. The second-order valence-electron chi connectivity index (χ2n) is 19.9. The highest BCUT2D eigenvalue weighted by Gasteiger charge is 2.40. The fourth-order valence-corrected chi connectivity index (χ4v) is 9.29. The summed E-state index contributed by atoms with van der Waals surface area (Å²) in [6.07, 6.45) is 4.92. The number of nitrogens with zero attached hydrogens (tertiary/aromatic N) is 3. The van der Waals surface area contributed by atoms with E-state index in [9.17, 15) is 43.2 Å². The van der Waals surface area contributed by atoms with Gasteiger partial charge in [0.15, 0.2) is 11.9 Å². The molecule has 2 fully saturated rings. The van der Waals surface area contributed by atoms with Gasteiger partial charge in [-0.2, -0.15) is 0 Å². The van der Waals surface area contributed by atoms with Crippen LogP contribution in [0.15, 0.2) is 70.6 Å². The van der Waals surface area contributed by atoms with E-state index in [1.54, 1.807) is 30.3 Å². The maximum absolute atomic E-state index is 14.7. The summed E-state index contributed by atoms with van der Waals surface area (Å²) in [7, 11) is 0. The first-order valence-electron chi connectivity index (χ1n) is 26.1. The number of primary amides is 2. The molecule has 1 aliphatic carbocycles. The van der Waals surface area contributed by atoms with Gasteiger partial charge < -0.3 is 71.2 Å². The summed E-state index contributed by atoms with van der Waals surface area (Å²) in [5, 5.41) is 16.6. The van der Waals surface area contributed by atoms with Crippen LogP contribution in [-0.2, 0) is 56.0 Å². The zero-order valence-electron chi connectivity index (χ0n) is 43.7. The summed E-state index contributed by atoms with van der Waals surface area (Å²) in [4.78, 5) is 133. The van der Waals surface area contributed by atoms with Crippen molar-refractivity contribution < 1.29 is 43.2 Å². The molecule has 1 heterocycles. The second-order valence-corrected chi connectivity index (χ2v) is 19.9. The molecule has 0 aromatic heterocycles. The smallest absolute Gasteiger partial charge is 0.245 e. The van der Waals surface area contributed by atoms with Gasteiger partial charge in [-0.25, -0.2) is 0 Å². The molecule has 416 valence electrons. The Labute approximate surface area is 443 Å². The van der Waals surface area contributed by atoms with Crippen LogP contribution in [0.1, 0.15) is 108 Å². The quantitative estimate of drug-likeness (QED) is 0.0240. The van der Waals surface area contributed by atoms with Crippen molar-refractivity contribution in [3.63, 3.8) is 0 Å². The Morgan fingerprint density at radius 3 is 1.51 bits per heavy atom. The van der Waals surface area contributed by atoms with E-state index in [0.717, 1.165) is 37.7 Å². The Hall–Kier alpha value is -7.79. The van der Waals surface area contributed by atoms with E-state index in [4.69, 9.17) is 34.4 Å². The highest BCUT2D eigenvalue weighted by Crippen LogP contribution is 2.24. The van der Waals surface area contributed by atoms with Crippen LogP contribution in [0.4, 0.5) is 0 Å². The van der Waals surface area contributed by atoms with Crippen LogP contribution < -0.4 is 66.3 Å². The van der Waals surface area contributed by atoms with Crippen molar-refractivity contribution in [1.29, 1.82) is 0 Å². The first-order valence-corrected chi connectivity index (χ1v) is 26.1. The van der Waals surface area contributed by atoms with Gasteiger partial charge in [0.25, 0.3) is 0 Å². The minimum atomic E-state index is -1.48. The molecule has 0 spiro atoms. The molecular weight excluding hydrogens is 979 g/mol. The van der Waals surface area contributed by atoms with Crippen LogP contribution in [0.2, 0.25) is 0 Å². The lowest BCUT2D eigenvalue weighted by molar-refractivity contribution is -0.142. The molecule has 1 saturated heterocycles. The molecule has 0 radical (unpaired) electrons. The normalized spacial score (nSPS) is 16.8. The summed E-state index contributed by atoms with van der Waals surface area (Å²) in [6, 6.07) is 9.45. The number of amides is 9. The summed E-state index contributed by atoms with van der Waals surface area (Å²) in [6.45, 7) is 4.01. The van der Waals surface area contributed by atoms with Gasteiger partial charge in [0.1, 0.15) is 42.3 Å². The Morgan fingerprint density at radius 1 is 0.539 bits per heavy atom. The van der Waals surface area contributed by atoms with Crippen molar-refractivity contribution in [3.05, 3.63) is 71.8 Å². The molecule has 0 unspecified atom stereocenters. The van der Waals surface area contributed by atoms with Crippen LogP contribution in [0.25, 0.3) is 0 Å². The summed E-state index contributed by atoms with van der Waals surface area (Å²) in [5.41, 5.74) is 34.3. The van der Waals surface area contributed by atoms with Gasteiger partial charge in [0.2, 0.25) is 53.2 Å². The average molecular weight is 1060 g/mol. The van der Waals surface area contributed by atoms with Crippen molar-refractivity contribution in [3.8, 4) is 0 Å².